The molecule has 0 saturated carbocycles. The van der Waals surface area contributed by atoms with Gasteiger partial charge >= 0.3 is 0 Å². The molecule has 0 N–H and O–H groups in total. The maximum absolute atomic E-state index is 5.15. The van der Waals surface area contributed by atoms with E-state index in [1.54, 1.807) is 7.11 Å². The van der Waals surface area contributed by atoms with Crippen LogP contribution in [0.5, 0.6) is 0 Å². The zero-order valence-electron chi connectivity index (χ0n) is 10.4. The van der Waals surface area contributed by atoms with Gasteiger partial charge in [0.25, 0.3) is 0 Å². The molecular weight excluding hydrogens is 218 g/mol. The second-order valence-corrected chi connectivity index (χ2v) is 4.00. The Kier molecular flexibility index (Phi) is 3.58. The summed E-state index contributed by atoms with van der Waals surface area (Å²) in [7, 11) is 1.64. The van der Waals surface area contributed by atoms with Crippen LogP contribution in [-0.2, 0) is 24.3 Å². The first-order chi connectivity index (χ1) is 8.22. The first kappa shape index (κ1) is 11.9. The van der Waals surface area contributed by atoms with Gasteiger partial charge in [-0.3, -0.25) is 0 Å². The molecule has 92 valence electrons. The van der Waals surface area contributed by atoms with Crippen molar-refractivity contribution >= 4 is 0 Å². The molecule has 2 aromatic rings. The number of hydrogen-bond acceptors (Lipinski definition) is 4. The van der Waals surface area contributed by atoms with Gasteiger partial charge in [0.2, 0.25) is 0 Å². The van der Waals surface area contributed by atoms with Crippen LogP contribution in [0.15, 0.2) is 16.8 Å². The topological polar surface area (TPSA) is 53.1 Å². The quantitative estimate of drug-likeness (QED) is 0.794. The van der Waals surface area contributed by atoms with E-state index in [1.165, 1.54) is 0 Å². The van der Waals surface area contributed by atoms with Gasteiger partial charge in [0, 0.05) is 25.8 Å². The molecule has 0 saturated heterocycles. The molecule has 0 unspecified atom stereocenters. The molecule has 2 heterocycles. The zero-order valence-corrected chi connectivity index (χ0v) is 10.4. The molecule has 2 rings (SSSR count). The number of aromatic nitrogens is 3. The number of hydrogen-bond donors (Lipinski definition) is 0. The van der Waals surface area contributed by atoms with E-state index in [4.69, 9.17) is 9.26 Å². The average molecular weight is 235 g/mol. The SMILES string of the molecule is CCc1nc(C)cn1Cc1cc(COC)on1. The molecule has 0 aromatic carbocycles. The predicted molar refractivity (Wildman–Crippen MR) is 62.7 cm³/mol. The monoisotopic (exact) mass is 235 g/mol. The summed E-state index contributed by atoms with van der Waals surface area (Å²) in [5.74, 6) is 1.82. The van der Waals surface area contributed by atoms with Crippen LogP contribution in [0.4, 0.5) is 0 Å². The lowest BCUT2D eigenvalue weighted by Crippen LogP contribution is -2.03. The van der Waals surface area contributed by atoms with Crippen molar-refractivity contribution < 1.29 is 9.26 Å². The molecule has 0 atom stereocenters. The van der Waals surface area contributed by atoms with Gasteiger partial charge in [-0.2, -0.15) is 0 Å². The summed E-state index contributed by atoms with van der Waals surface area (Å²) in [5.41, 5.74) is 1.92. The fourth-order valence-electron chi connectivity index (χ4n) is 1.83. The fraction of sp³-hybridized carbons (Fsp3) is 0.500. The Balaban J connectivity index is 2.13. The molecule has 0 aliphatic carbocycles. The van der Waals surface area contributed by atoms with Gasteiger partial charge < -0.3 is 13.8 Å². The van der Waals surface area contributed by atoms with Crippen LogP contribution >= 0.6 is 0 Å². The summed E-state index contributed by atoms with van der Waals surface area (Å²) in [6.45, 7) is 5.24. The largest absolute Gasteiger partial charge is 0.377 e. The first-order valence-corrected chi connectivity index (χ1v) is 5.69. The highest BCUT2D eigenvalue weighted by atomic mass is 16.5. The molecule has 0 radical (unpaired) electrons. The Morgan fingerprint density at radius 3 is 3.00 bits per heavy atom. The highest BCUT2D eigenvalue weighted by molar-refractivity contribution is 5.09. The molecule has 0 aliphatic heterocycles. The molecule has 5 heteroatoms. The number of nitrogens with zero attached hydrogens (tertiary/aromatic N) is 3. The molecule has 0 amide bonds. The van der Waals surface area contributed by atoms with E-state index < -0.39 is 0 Å². The lowest BCUT2D eigenvalue weighted by molar-refractivity contribution is 0.155. The van der Waals surface area contributed by atoms with Crippen molar-refractivity contribution in [3.05, 3.63) is 35.2 Å². The Bertz CT molecular complexity index is 488. The summed E-state index contributed by atoms with van der Waals surface area (Å²) in [6, 6.07) is 1.91. The molecule has 0 fully saturated rings. The Hall–Kier alpha value is -1.62. The highest BCUT2D eigenvalue weighted by Gasteiger charge is 2.08. The fourth-order valence-corrected chi connectivity index (χ4v) is 1.83. The average Bonchev–Trinajstić information content (AvgIpc) is 2.87. The third kappa shape index (κ3) is 2.74. The van der Waals surface area contributed by atoms with Crippen LogP contribution in [0.3, 0.4) is 0 Å². The molecule has 5 nitrogen and oxygen atoms in total. The van der Waals surface area contributed by atoms with E-state index in [-0.39, 0.29) is 0 Å². The van der Waals surface area contributed by atoms with Crippen molar-refractivity contribution in [1.29, 1.82) is 0 Å². The van der Waals surface area contributed by atoms with E-state index in [2.05, 4.69) is 21.6 Å². The maximum atomic E-state index is 5.15. The second-order valence-electron chi connectivity index (χ2n) is 4.00. The Morgan fingerprint density at radius 1 is 1.47 bits per heavy atom. The van der Waals surface area contributed by atoms with Crippen LogP contribution in [0.1, 0.15) is 29.9 Å². The van der Waals surface area contributed by atoms with Crippen molar-refractivity contribution in [3.63, 3.8) is 0 Å². The molecule has 17 heavy (non-hydrogen) atoms. The number of ether oxygens (including phenoxy) is 1. The second kappa shape index (κ2) is 5.14. The number of imidazole rings is 1. The molecular formula is C12H17N3O2. The molecule has 0 aliphatic rings. The normalized spacial score (nSPS) is 11.0. The van der Waals surface area contributed by atoms with Gasteiger partial charge in [0.05, 0.1) is 12.2 Å². The smallest absolute Gasteiger partial charge is 0.162 e. The van der Waals surface area contributed by atoms with Crippen LogP contribution in [0.25, 0.3) is 0 Å². The minimum atomic E-state index is 0.455. The van der Waals surface area contributed by atoms with E-state index in [0.717, 1.165) is 29.4 Å². The summed E-state index contributed by atoms with van der Waals surface area (Å²) in [6.07, 6.45) is 2.94. The van der Waals surface area contributed by atoms with Crippen molar-refractivity contribution in [1.82, 2.24) is 14.7 Å². The number of aryl methyl sites for hydroxylation is 2. The Labute approximate surface area is 100 Å². The van der Waals surface area contributed by atoms with Crippen molar-refractivity contribution in [2.75, 3.05) is 7.11 Å². The van der Waals surface area contributed by atoms with Crippen LogP contribution < -0.4 is 0 Å². The highest BCUT2D eigenvalue weighted by Crippen LogP contribution is 2.10. The van der Waals surface area contributed by atoms with Gasteiger partial charge in [-0.15, -0.1) is 0 Å². The lowest BCUT2D eigenvalue weighted by Gasteiger charge is -2.02. The van der Waals surface area contributed by atoms with Crippen LogP contribution in [0.2, 0.25) is 0 Å². The maximum Gasteiger partial charge on any atom is 0.162 e. The van der Waals surface area contributed by atoms with Crippen molar-refractivity contribution in [2.45, 2.75) is 33.4 Å². The predicted octanol–water partition coefficient (Wildman–Crippen LogP) is 1.94. The summed E-state index contributed by atoms with van der Waals surface area (Å²) >= 11 is 0. The standard InChI is InChI=1S/C12H17N3O2/c1-4-12-13-9(2)6-15(12)7-10-5-11(8-16-3)17-14-10/h5-6H,4,7-8H2,1-3H3. The minimum absolute atomic E-state index is 0.455. The molecule has 2 aromatic heterocycles. The van der Waals surface area contributed by atoms with E-state index in [1.807, 2.05) is 19.2 Å². The Morgan fingerprint density at radius 2 is 2.29 bits per heavy atom. The summed E-state index contributed by atoms with van der Waals surface area (Å²) in [5, 5.41) is 4.01. The van der Waals surface area contributed by atoms with E-state index >= 15 is 0 Å². The lowest BCUT2D eigenvalue weighted by atomic mass is 10.3. The summed E-state index contributed by atoms with van der Waals surface area (Å²) in [4.78, 5) is 4.45. The number of methoxy groups -OCH3 is 1. The van der Waals surface area contributed by atoms with Crippen LogP contribution in [-0.4, -0.2) is 21.8 Å². The van der Waals surface area contributed by atoms with Gasteiger partial charge in [0.15, 0.2) is 5.76 Å². The van der Waals surface area contributed by atoms with Gasteiger partial charge in [-0.25, -0.2) is 4.98 Å². The molecule has 0 spiro atoms. The molecule has 0 bridgehead atoms. The van der Waals surface area contributed by atoms with Crippen molar-refractivity contribution in [3.8, 4) is 0 Å². The third-order valence-corrected chi connectivity index (χ3v) is 2.52. The van der Waals surface area contributed by atoms with Gasteiger partial charge in [-0.05, 0) is 6.92 Å². The van der Waals surface area contributed by atoms with Gasteiger partial charge in [-0.1, -0.05) is 12.1 Å². The van der Waals surface area contributed by atoms with Gasteiger partial charge in [0.1, 0.15) is 18.1 Å². The number of rotatable bonds is 5. The van der Waals surface area contributed by atoms with Crippen LogP contribution in [0, 0.1) is 6.92 Å². The van der Waals surface area contributed by atoms with Crippen molar-refractivity contribution in [2.24, 2.45) is 0 Å². The zero-order chi connectivity index (χ0) is 12.3. The third-order valence-electron chi connectivity index (χ3n) is 2.52. The first-order valence-electron chi connectivity index (χ1n) is 5.69. The van der Waals surface area contributed by atoms with E-state index in [0.29, 0.717) is 13.2 Å². The van der Waals surface area contributed by atoms with E-state index in [9.17, 15) is 0 Å². The minimum Gasteiger partial charge on any atom is -0.377 e. The summed E-state index contributed by atoms with van der Waals surface area (Å²) < 4.78 is 12.2.